The molecule has 0 amide bonds. The first-order valence-electron chi connectivity index (χ1n) is 10.4. The number of hydrogen-bond acceptors (Lipinski definition) is 6. The lowest BCUT2D eigenvalue weighted by molar-refractivity contribution is 0.381. The molecule has 1 saturated heterocycles. The second kappa shape index (κ2) is 6.22. The zero-order valence-electron chi connectivity index (χ0n) is 17.0. The van der Waals surface area contributed by atoms with Gasteiger partial charge in [0.1, 0.15) is 17.1 Å². The summed E-state index contributed by atoms with van der Waals surface area (Å²) in [5.74, 6) is 3.51. The number of H-pyrrole nitrogens is 1. The number of aromatic nitrogens is 7. The van der Waals surface area contributed by atoms with Crippen molar-refractivity contribution in [2.45, 2.75) is 38.6 Å². The number of hydrogen-bond donors (Lipinski definition) is 1. The van der Waals surface area contributed by atoms with Crippen molar-refractivity contribution in [2.75, 3.05) is 11.4 Å². The molecule has 1 atom stereocenters. The first kappa shape index (κ1) is 17.3. The van der Waals surface area contributed by atoms with Crippen LogP contribution in [-0.2, 0) is 5.54 Å². The third kappa shape index (κ3) is 2.18. The SMILES string of the molecule is CC[C@@]12CCCN1c1nc(-c3cn[nH]c3-c3ccccc3)ncc1-n1c(C)nnc12. The Morgan fingerprint density at radius 1 is 1.13 bits per heavy atom. The first-order chi connectivity index (χ1) is 14.7. The van der Waals surface area contributed by atoms with Crippen LogP contribution in [0.5, 0.6) is 0 Å². The van der Waals surface area contributed by atoms with Crippen LogP contribution in [0.1, 0.15) is 37.8 Å². The van der Waals surface area contributed by atoms with Crippen molar-refractivity contribution >= 4 is 5.82 Å². The highest BCUT2D eigenvalue weighted by Crippen LogP contribution is 2.49. The van der Waals surface area contributed by atoms with E-state index < -0.39 is 0 Å². The Hall–Kier alpha value is -3.55. The van der Waals surface area contributed by atoms with Crippen molar-refractivity contribution in [3.05, 3.63) is 54.4 Å². The van der Waals surface area contributed by atoms with Gasteiger partial charge in [-0.3, -0.25) is 9.67 Å². The zero-order valence-corrected chi connectivity index (χ0v) is 17.0. The number of benzene rings is 1. The van der Waals surface area contributed by atoms with E-state index in [4.69, 9.17) is 9.97 Å². The van der Waals surface area contributed by atoms with Crippen LogP contribution in [0.2, 0.25) is 0 Å². The number of nitrogens with one attached hydrogen (secondary N) is 1. The van der Waals surface area contributed by atoms with E-state index in [1.54, 1.807) is 6.20 Å². The number of aromatic amines is 1. The molecular weight excluding hydrogens is 376 g/mol. The molecule has 2 aliphatic rings. The maximum Gasteiger partial charge on any atom is 0.165 e. The topological polar surface area (TPSA) is 88.4 Å². The number of anilines is 1. The summed E-state index contributed by atoms with van der Waals surface area (Å²) in [5.41, 5.74) is 3.69. The summed E-state index contributed by atoms with van der Waals surface area (Å²) in [6.45, 7) is 5.18. The van der Waals surface area contributed by atoms with E-state index in [0.29, 0.717) is 5.82 Å². The van der Waals surface area contributed by atoms with Crippen molar-refractivity contribution < 1.29 is 0 Å². The summed E-state index contributed by atoms with van der Waals surface area (Å²) in [4.78, 5) is 12.2. The van der Waals surface area contributed by atoms with Crippen LogP contribution in [0, 0.1) is 6.92 Å². The average Bonchev–Trinajstić information content (AvgIpc) is 3.52. The zero-order chi connectivity index (χ0) is 20.3. The van der Waals surface area contributed by atoms with Gasteiger partial charge in [0.05, 0.1) is 23.7 Å². The van der Waals surface area contributed by atoms with Crippen molar-refractivity contribution in [3.63, 3.8) is 0 Å². The molecule has 1 N–H and O–H groups in total. The fourth-order valence-electron chi connectivity index (χ4n) is 5.03. The highest BCUT2D eigenvalue weighted by Gasteiger charge is 2.50. The van der Waals surface area contributed by atoms with Crippen LogP contribution in [0.3, 0.4) is 0 Å². The molecule has 0 saturated carbocycles. The lowest BCUT2D eigenvalue weighted by Gasteiger charge is -2.42. The molecule has 6 rings (SSSR count). The van der Waals surface area contributed by atoms with Crippen LogP contribution in [-0.4, -0.2) is 41.5 Å². The van der Waals surface area contributed by atoms with Crippen LogP contribution in [0.4, 0.5) is 5.82 Å². The summed E-state index contributed by atoms with van der Waals surface area (Å²) in [6.07, 6.45) is 6.84. The van der Waals surface area contributed by atoms with Gasteiger partial charge in [-0.2, -0.15) is 5.10 Å². The van der Waals surface area contributed by atoms with Crippen LogP contribution in [0.15, 0.2) is 42.7 Å². The maximum atomic E-state index is 5.08. The maximum absolute atomic E-state index is 5.08. The quantitative estimate of drug-likeness (QED) is 0.567. The van der Waals surface area contributed by atoms with Gasteiger partial charge in [-0.25, -0.2) is 9.97 Å². The highest BCUT2D eigenvalue weighted by atomic mass is 15.4. The van der Waals surface area contributed by atoms with Gasteiger partial charge >= 0.3 is 0 Å². The molecule has 30 heavy (non-hydrogen) atoms. The Morgan fingerprint density at radius 3 is 2.83 bits per heavy atom. The van der Waals surface area contributed by atoms with Gasteiger partial charge in [0.15, 0.2) is 17.5 Å². The molecule has 0 bridgehead atoms. The molecule has 4 aromatic rings. The molecule has 3 aromatic heterocycles. The largest absolute Gasteiger partial charge is 0.342 e. The second-order valence-electron chi connectivity index (χ2n) is 7.97. The summed E-state index contributed by atoms with van der Waals surface area (Å²) in [6, 6.07) is 10.2. The minimum absolute atomic E-state index is 0.154. The molecule has 0 aliphatic carbocycles. The monoisotopic (exact) mass is 398 g/mol. The molecular formula is C22H22N8. The molecule has 150 valence electrons. The van der Waals surface area contributed by atoms with Crippen molar-refractivity contribution in [2.24, 2.45) is 0 Å². The molecule has 1 aromatic carbocycles. The summed E-state index contributed by atoms with van der Waals surface area (Å²) < 4.78 is 2.14. The number of rotatable bonds is 3. The Labute approximate surface area is 174 Å². The first-order valence-corrected chi connectivity index (χ1v) is 10.4. The molecule has 0 spiro atoms. The van der Waals surface area contributed by atoms with Crippen molar-refractivity contribution in [3.8, 4) is 28.3 Å². The van der Waals surface area contributed by atoms with E-state index in [1.807, 2.05) is 31.3 Å². The van der Waals surface area contributed by atoms with E-state index >= 15 is 0 Å². The third-order valence-electron chi connectivity index (χ3n) is 6.50. The molecule has 0 unspecified atom stereocenters. The number of nitrogens with zero attached hydrogens (tertiary/aromatic N) is 7. The Balaban J connectivity index is 1.55. The lowest BCUT2D eigenvalue weighted by atomic mass is 9.90. The van der Waals surface area contributed by atoms with E-state index in [2.05, 4.69) is 48.9 Å². The highest BCUT2D eigenvalue weighted by molar-refractivity contribution is 5.78. The minimum atomic E-state index is -0.154. The van der Waals surface area contributed by atoms with E-state index in [9.17, 15) is 0 Å². The van der Waals surface area contributed by atoms with Gasteiger partial charge in [-0.1, -0.05) is 37.3 Å². The van der Waals surface area contributed by atoms with E-state index in [-0.39, 0.29) is 5.54 Å². The second-order valence-corrected chi connectivity index (χ2v) is 7.97. The lowest BCUT2D eigenvalue weighted by Crippen LogP contribution is -2.47. The van der Waals surface area contributed by atoms with Crippen LogP contribution < -0.4 is 4.90 Å². The number of fused-ring (bicyclic) bond motifs is 6. The van der Waals surface area contributed by atoms with Gasteiger partial charge in [0.25, 0.3) is 0 Å². The minimum Gasteiger partial charge on any atom is -0.342 e. The normalized spacial score (nSPS) is 19.5. The predicted molar refractivity (Wildman–Crippen MR) is 113 cm³/mol. The van der Waals surface area contributed by atoms with Gasteiger partial charge in [0, 0.05) is 12.1 Å². The van der Waals surface area contributed by atoms with Gasteiger partial charge in [0.2, 0.25) is 0 Å². The van der Waals surface area contributed by atoms with Gasteiger partial charge in [-0.05, 0) is 26.2 Å². The van der Waals surface area contributed by atoms with E-state index in [1.165, 1.54) is 0 Å². The third-order valence-corrected chi connectivity index (χ3v) is 6.50. The number of aryl methyl sites for hydroxylation is 1. The smallest absolute Gasteiger partial charge is 0.165 e. The van der Waals surface area contributed by atoms with Crippen molar-refractivity contribution in [1.82, 2.24) is 34.9 Å². The molecule has 8 heteroatoms. The van der Waals surface area contributed by atoms with Crippen LogP contribution in [0.25, 0.3) is 28.3 Å². The van der Waals surface area contributed by atoms with E-state index in [0.717, 1.165) is 65.8 Å². The fraction of sp³-hybridized carbons (Fsp3) is 0.318. The fourth-order valence-corrected chi connectivity index (χ4v) is 5.03. The summed E-state index contributed by atoms with van der Waals surface area (Å²) in [7, 11) is 0. The van der Waals surface area contributed by atoms with Gasteiger partial charge < -0.3 is 4.90 Å². The molecule has 2 aliphatic heterocycles. The van der Waals surface area contributed by atoms with Crippen LogP contribution >= 0.6 is 0 Å². The average molecular weight is 398 g/mol. The standard InChI is InChI=1S/C22H22N8/c1-3-22-10-7-11-29(22)20-17(30-14(2)26-28-21(22)30)13-23-19(25-20)16-12-24-27-18(16)15-8-5-4-6-9-15/h4-6,8-9,12-13H,3,7,10-11H2,1-2H3,(H,24,27)/t22-/m0/s1. The Kier molecular flexibility index (Phi) is 3.59. The molecule has 5 heterocycles. The Bertz CT molecular complexity index is 1240. The molecule has 1 fully saturated rings. The Morgan fingerprint density at radius 2 is 2.00 bits per heavy atom. The van der Waals surface area contributed by atoms with Gasteiger partial charge in [-0.15, -0.1) is 10.2 Å². The molecule has 8 nitrogen and oxygen atoms in total. The van der Waals surface area contributed by atoms with Crippen molar-refractivity contribution in [1.29, 1.82) is 0 Å². The summed E-state index contributed by atoms with van der Waals surface area (Å²) in [5, 5.41) is 16.4. The molecule has 0 radical (unpaired) electrons. The summed E-state index contributed by atoms with van der Waals surface area (Å²) >= 11 is 0. The predicted octanol–water partition coefficient (Wildman–Crippen LogP) is 3.64.